The maximum Gasteiger partial charge on any atom is 0.221 e. The molecular weight excluding hydrogens is 322 g/mol. The summed E-state index contributed by atoms with van der Waals surface area (Å²) >= 11 is 1.67. The zero-order chi connectivity index (χ0) is 16.9. The van der Waals surface area contributed by atoms with E-state index in [9.17, 15) is 4.79 Å². The standard InChI is InChI=1S/C18H25N3O2S/c1-13(2)17-11-15(20-23-17)16-6-3-8-21(16)9-7-18(22)19-12-14-5-4-10-24-14/h4-5,10-11,13,16H,3,6-9,12H2,1-2H3,(H,19,22). The van der Waals surface area contributed by atoms with Crippen LogP contribution in [0.15, 0.2) is 28.1 Å². The van der Waals surface area contributed by atoms with E-state index in [1.54, 1.807) is 11.3 Å². The molecule has 2 aromatic heterocycles. The Morgan fingerprint density at radius 3 is 3.12 bits per heavy atom. The van der Waals surface area contributed by atoms with Gasteiger partial charge in [-0.15, -0.1) is 11.3 Å². The summed E-state index contributed by atoms with van der Waals surface area (Å²) in [5, 5.41) is 9.27. The van der Waals surface area contributed by atoms with Gasteiger partial charge in [0.25, 0.3) is 0 Å². The first kappa shape index (κ1) is 17.2. The molecule has 0 saturated carbocycles. The SMILES string of the molecule is CC(C)c1cc(C2CCCN2CCC(=O)NCc2cccs2)no1. The molecule has 0 aromatic carbocycles. The van der Waals surface area contributed by atoms with Gasteiger partial charge in [0, 0.05) is 29.8 Å². The predicted octanol–water partition coefficient (Wildman–Crippen LogP) is 3.70. The molecule has 1 unspecified atom stereocenters. The molecule has 1 aliphatic heterocycles. The largest absolute Gasteiger partial charge is 0.361 e. The summed E-state index contributed by atoms with van der Waals surface area (Å²) < 4.78 is 5.44. The van der Waals surface area contributed by atoms with Crippen molar-refractivity contribution in [1.29, 1.82) is 0 Å². The fourth-order valence-electron chi connectivity index (χ4n) is 3.09. The molecule has 24 heavy (non-hydrogen) atoms. The molecule has 0 spiro atoms. The van der Waals surface area contributed by atoms with Crippen LogP contribution < -0.4 is 5.32 Å². The smallest absolute Gasteiger partial charge is 0.221 e. The van der Waals surface area contributed by atoms with Crippen LogP contribution in [0, 0.1) is 0 Å². The summed E-state index contributed by atoms with van der Waals surface area (Å²) in [7, 11) is 0. The highest BCUT2D eigenvalue weighted by Crippen LogP contribution is 2.32. The van der Waals surface area contributed by atoms with Crippen molar-refractivity contribution in [2.75, 3.05) is 13.1 Å². The monoisotopic (exact) mass is 347 g/mol. The highest BCUT2D eigenvalue weighted by Gasteiger charge is 2.29. The topological polar surface area (TPSA) is 58.4 Å². The Kier molecular flexibility index (Phi) is 5.68. The van der Waals surface area contributed by atoms with E-state index in [-0.39, 0.29) is 11.9 Å². The fraction of sp³-hybridized carbons (Fsp3) is 0.556. The molecule has 1 atom stereocenters. The predicted molar refractivity (Wildman–Crippen MR) is 94.9 cm³/mol. The normalized spacial score (nSPS) is 18.4. The van der Waals surface area contributed by atoms with Crippen LogP contribution in [0.4, 0.5) is 0 Å². The van der Waals surface area contributed by atoms with E-state index in [0.29, 0.717) is 18.9 Å². The minimum absolute atomic E-state index is 0.108. The van der Waals surface area contributed by atoms with Gasteiger partial charge in [0.2, 0.25) is 5.91 Å². The third-order valence-corrected chi connectivity index (χ3v) is 5.36. The molecule has 1 N–H and O–H groups in total. The lowest BCUT2D eigenvalue weighted by molar-refractivity contribution is -0.121. The molecule has 6 heteroatoms. The Morgan fingerprint density at radius 2 is 2.42 bits per heavy atom. The van der Waals surface area contributed by atoms with Gasteiger partial charge in [-0.25, -0.2) is 0 Å². The molecule has 5 nitrogen and oxygen atoms in total. The van der Waals surface area contributed by atoms with Crippen molar-refractivity contribution >= 4 is 17.2 Å². The second-order valence-corrected chi connectivity index (χ2v) is 7.64. The summed E-state index contributed by atoms with van der Waals surface area (Å²) in [6.07, 6.45) is 2.75. The van der Waals surface area contributed by atoms with Gasteiger partial charge >= 0.3 is 0 Å². The van der Waals surface area contributed by atoms with Crippen LogP contribution in [-0.4, -0.2) is 29.1 Å². The highest BCUT2D eigenvalue weighted by atomic mass is 32.1. The maximum absolute atomic E-state index is 12.1. The van der Waals surface area contributed by atoms with Gasteiger partial charge in [-0.2, -0.15) is 0 Å². The first-order valence-corrected chi connectivity index (χ1v) is 9.51. The van der Waals surface area contributed by atoms with Crippen LogP contribution in [-0.2, 0) is 11.3 Å². The van der Waals surface area contributed by atoms with Gasteiger partial charge in [-0.3, -0.25) is 9.69 Å². The summed E-state index contributed by atoms with van der Waals surface area (Å²) in [5.74, 6) is 1.40. The van der Waals surface area contributed by atoms with Gasteiger partial charge in [-0.05, 0) is 30.8 Å². The number of thiophene rings is 1. The summed E-state index contributed by atoms with van der Waals surface area (Å²) in [4.78, 5) is 15.6. The van der Waals surface area contributed by atoms with E-state index in [4.69, 9.17) is 4.52 Å². The maximum atomic E-state index is 12.1. The van der Waals surface area contributed by atoms with Crippen molar-refractivity contribution in [3.8, 4) is 0 Å². The van der Waals surface area contributed by atoms with Crippen LogP contribution >= 0.6 is 11.3 Å². The molecule has 2 aromatic rings. The Labute approximate surface area is 147 Å². The van der Waals surface area contributed by atoms with Crippen molar-refractivity contribution < 1.29 is 9.32 Å². The first-order chi connectivity index (χ1) is 11.6. The third-order valence-electron chi connectivity index (χ3n) is 4.49. The third kappa shape index (κ3) is 4.24. The minimum atomic E-state index is 0.108. The molecule has 130 valence electrons. The fourth-order valence-corrected chi connectivity index (χ4v) is 3.74. The summed E-state index contributed by atoms with van der Waals surface area (Å²) in [6, 6.07) is 6.40. The lowest BCUT2D eigenvalue weighted by Gasteiger charge is -2.22. The summed E-state index contributed by atoms with van der Waals surface area (Å²) in [6.45, 7) is 6.63. The zero-order valence-electron chi connectivity index (χ0n) is 14.3. The number of rotatable bonds is 7. The average molecular weight is 347 g/mol. The second kappa shape index (κ2) is 7.94. The molecule has 1 amide bonds. The summed E-state index contributed by atoms with van der Waals surface area (Å²) in [5.41, 5.74) is 1.01. The second-order valence-electron chi connectivity index (χ2n) is 6.61. The Morgan fingerprint density at radius 1 is 1.54 bits per heavy atom. The van der Waals surface area contributed by atoms with Crippen LogP contribution in [0.3, 0.4) is 0 Å². The van der Waals surface area contributed by atoms with Gasteiger partial charge in [-0.1, -0.05) is 25.1 Å². The molecule has 1 saturated heterocycles. The Hall–Kier alpha value is -1.66. The van der Waals surface area contributed by atoms with Crippen molar-refractivity contribution in [2.24, 2.45) is 0 Å². The van der Waals surface area contributed by atoms with E-state index in [0.717, 1.165) is 37.4 Å². The van der Waals surface area contributed by atoms with Crippen molar-refractivity contribution in [1.82, 2.24) is 15.4 Å². The minimum Gasteiger partial charge on any atom is -0.361 e. The molecule has 3 rings (SSSR count). The van der Waals surface area contributed by atoms with Gasteiger partial charge in [0.05, 0.1) is 12.6 Å². The molecular formula is C18H25N3O2S. The van der Waals surface area contributed by atoms with Crippen molar-refractivity contribution in [3.63, 3.8) is 0 Å². The van der Waals surface area contributed by atoms with Gasteiger partial charge in [0.15, 0.2) is 0 Å². The lowest BCUT2D eigenvalue weighted by Crippen LogP contribution is -2.30. The van der Waals surface area contributed by atoms with Gasteiger partial charge in [0.1, 0.15) is 11.5 Å². The number of nitrogens with one attached hydrogen (secondary N) is 1. The van der Waals surface area contributed by atoms with Crippen LogP contribution in [0.2, 0.25) is 0 Å². The highest BCUT2D eigenvalue weighted by molar-refractivity contribution is 7.09. The van der Waals surface area contributed by atoms with Crippen LogP contribution in [0.5, 0.6) is 0 Å². The van der Waals surface area contributed by atoms with Crippen LogP contribution in [0.1, 0.15) is 61.4 Å². The first-order valence-electron chi connectivity index (χ1n) is 8.63. The van der Waals surface area contributed by atoms with E-state index in [1.807, 2.05) is 17.5 Å². The number of carbonyl (C=O) groups excluding carboxylic acids is 1. The molecule has 0 bridgehead atoms. The quantitative estimate of drug-likeness (QED) is 0.829. The Balaban J connectivity index is 1.49. The van der Waals surface area contributed by atoms with Crippen molar-refractivity contribution in [3.05, 3.63) is 39.9 Å². The van der Waals surface area contributed by atoms with E-state index >= 15 is 0 Å². The molecule has 1 fully saturated rings. The average Bonchev–Trinajstić information content (AvgIpc) is 3.31. The van der Waals surface area contributed by atoms with Crippen molar-refractivity contribution in [2.45, 2.75) is 51.6 Å². The van der Waals surface area contributed by atoms with E-state index in [1.165, 1.54) is 4.88 Å². The number of carbonyl (C=O) groups is 1. The Bertz CT molecular complexity index is 651. The molecule has 0 radical (unpaired) electrons. The molecule has 1 aliphatic rings. The number of likely N-dealkylation sites (tertiary alicyclic amines) is 1. The lowest BCUT2D eigenvalue weighted by atomic mass is 10.1. The number of amides is 1. The van der Waals surface area contributed by atoms with Gasteiger partial charge < -0.3 is 9.84 Å². The number of nitrogens with zero attached hydrogens (tertiary/aromatic N) is 2. The number of hydrogen-bond donors (Lipinski definition) is 1. The van der Waals surface area contributed by atoms with E-state index < -0.39 is 0 Å². The number of aromatic nitrogens is 1. The molecule has 3 heterocycles. The zero-order valence-corrected chi connectivity index (χ0v) is 15.1. The van der Waals surface area contributed by atoms with E-state index in [2.05, 4.69) is 35.3 Å². The number of hydrogen-bond acceptors (Lipinski definition) is 5. The molecule has 0 aliphatic carbocycles. The van der Waals surface area contributed by atoms with Crippen LogP contribution in [0.25, 0.3) is 0 Å².